The Labute approximate surface area is 207 Å². The molecule has 36 heavy (non-hydrogen) atoms. The molecular weight excluding hydrogens is 482 g/mol. The zero-order valence-corrected chi connectivity index (χ0v) is 19.6. The van der Waals surface area contributed by atoms with E-state index in [1.807, 2.05) is 12.1 Å². The monoisotopic (exact) mass is 503 g/mol. The van der Waals surface area contributed by atoms with Gasteiger partial charge in [0.2, 0.25) is 10.0 Å². The number of nitrogens with two attached hydrogens (primary N) is 1. The highest BCUT2D eigenvalue weighted by Gasteiger charge is 2.27. The molecule has 0 aromatic heterocycles. The van der Waals surface area contributed by atoms with Crippen LogP contribution in [-0.2, 0) is 26.2 Å². The average molecular weight is 504 g/mol. The highest BCUT2D eigenvalue weighted by molar-refractivity contribution is 7.89. The van der Waals surface area contributed by atoms with Gasteiger partial charge in [0.15, 0.2) is 0 Å². The predicted octanol–water partition coefficient (Wildman–Crippen LogP) is 2.50. The van der Waals surface area contributed by atoms with Gasteiger partial charge in [-0.05, 0) is 52.6 Å². The van der Waals surface area contributed by atoms with Gasteiger partial charge in [0.1, 0.15) is 0 Å². The molecule has 0 unspecified atom stereocenters. The zero-order valence-electron chi connectivity index (χ0n) is 18.8. The molecule has 10 heteroatoms. The van der Waals surface area contributed by atoms with Crippen LogP contribution in [0.25, 0.3) is 22.8 Å². The van der Waals surface area contributed by atoms with Gasteiger partial charge in [-0.3, -0.25) is 14.9 Å². The average Bonchev–Trinajstić information content (AvgIpc) is 2.84. The maximum atomic E-state index is 12.6. The van der Waals surface area contributed by atoms with E-state index < -0.39 is 27.8 Å². The van der Waals surface area contributed by atoms with Gasteiger partial charge < -0.3 is 10.4 Å². The lowest BCUT2D eigenvalue weighted by atomic mass is 9.91. The molecule has 0 aliphatic carbocycles. The molecule has 3 aromatic carbocycles. The Kier molecular flexibility index (Phi) is 6.82. The van der Waals surface area contributed by atoms with Crippen molar-refractivity contribution in [1.29, 1.82) is 0 Å². The van der Waals surface area contributed by atoms with Gasteiger partial charge in [0.05, 0.1) is 10.5 Å². The minimum Gasteiger partial charge on any atom is -0.478 e. The fraction of sp³-hybridized carbons (Fsp3) is 0.0385. The number of carboxylic acids is 1. The second-order valence-corrected chi connectivity index (χ2v) is 9.53. The Morgan fingerprint density at radius 2 is 1.58 bits per heavy atom. The number of carboxylic acid groups (broad SMARTS) is 1. The Hall–Kier alpha value is -4.54. The first-order valence-electron chi connectivity index (χ1n) is 10.7. The molecule has 0 spiro atoms. The molecule has 5 N–H and O–H groups in total. The summed E-state index contributed by atoms with van der Waals surface area (Å²) >= 11 is 0. The Morgan fingerprint density at radius 1 is 0.917 bits per heavy atom. The molecule has 0 atom stereocenters. The van der Waals surface area contributed by atoms with Gasteiger partial charge in [-0.2, -0.15) is 0 Å². The minimum atomic E-state index is -3.78. The molecule has 0 radical (unpaired) electrons. The summed E-state index contributed by atoms with van der Waals surface area (Å²) in [5.41, 5.74) is 4.17. The number of rotatable bonds is 7. The maximum Gasteiger partial charge on any atom is 0.328 e. The minimum absolute atomic E-state index is 0.00201. The van der Waals surface area contributed by atoms with Crippen molar-refractivity contribution in [2.75, 3.05) is 0 Å². The van der Waals surface area contributed by atoms with Crippen LogP contribution in [0, 0.1) is 0 Å². The third-order valence-electron chi connectivity index (χ3n) is 5.49. The molecule has 0 saturated heterocycles. The van der Waals surface area contributed by atoms with Crippen molar-refractivity contribution in [2.45, 2.75) is 11.4 Å². The fourth-order valence-corrected chi connectivity index (χ4v) is 4.19. The molecule has 182 valence electrons. The zero-order chi connectivity index (χ0) is 25.9. The van der Waals surface area contributed by atoms with E-state index in [9.17, 15) is 22.8 Å². The predicted molar refractivity (Wildman–Crippen MR) is 134 cm³/mol. The molecule has 4 rings (SSSR count). The smallest absolute Gasteiger partial charge is 0.328 e. The van der Waals surface area contributed by atoms with Crippen LogP contribution in [0.3, 0.4) is 0 Å². The first-order chi connectivity index (χ1) is 17.1. The molecule has 2 amide bonds. The number of nitrogens with one attached hydrogen (secondary N) is 2. The molecule has 0 saturated carbocycles. The number of carbonyl (C=O) groups is 3. The molecule has 1 heterocycles. The number of aliphatic carboxylic acids is 1. The SMILES string of the molecule is NS(=O)(=O)c1ccc(CNC=C2C(=O)NC(=O)c3ccc(-c4ccc(C=CC(=O)O)cc4)cc32)cc1. The summed E-state index contributed by atoms with van der Waals surface area (Å²) in [7, 11) is -3.78. The summed E-state index contributed by atoms with van der Waals surface area (Å²) < 4.78 is 22.8. The highest BCUT2D eigenvalue weighted by Crippen LogP contribution is 2.30. The summed E-state index contributed by atoms with van der Waals surface area (Å²) in [4.78, 5) is 35.7. The Morgan fingerprint density at radius 3 is 2.22 bits per heavy atom. The van der Waals surface area contributed by atoms with E-state index in [0.717, 1.165) is 28.3 Å². The van der Waals surface area contributed by atoms with Crippen molar-refractivity contribution in [2.24, 2.45) is 5.14 Å². The topological polar surface area (TPSA) is 156 Å². The van der Waals surface area contributed by atoms with E-state index in [2.05, 4.69) is 10.6 Å². The summed E-state index contributed by atoms with van der Waals surface area (Å²) in [6, 6.07) is 18.4. The number of amides is 2. The first-order valence-corrected chi connectivity index (χ1v) is 12.2. The number of sulfonamides is 1. The van der Waals surface area contributed by atoms with Crippen molar-refractivity contribution in [3.05, 3.63) is 101 Å². The van der Waals surface area contributed by atoms with Crippen molar-refractivity contribution in [1.82, 2.24) is 10.6 Å². The van der Waals surface area contributed by atoms with Crippen LogP contribution in [-0.4, -0.2) is 31.3 Å². The molecule has 0 fully saturated rings. The van der Waals surface area contributed by atoms with Crippen LogP contribution in [0.5, 0.6) is 0 Å². The number of fused-ring (bicyclic) bond motifs is 1. The van der Waals surface area contributed by atoms with Gasteiger partial charge in [-0.1, -0.05) is 42.5 Å². The standard InChI is InChI=1S/C26H21N3O6S/c27-36(34,35)20-9-3-17(4-10-20)14-28-15-23-22-13-19(8-11-21(22)25(32)29-26(23)33)18-6-1-16(2-7-18)5-12-24(30)31/h1-13,15,28H,14H2,(H,30,31)(H2,27,34,35)(H,29,32,33). The third-order valence-corrected chi connectivity index (χ3v) is 6.42. The van der Waals surface area contributed by atoms with Gasteiger partial charge in [-0.25, -0.2) is 18.4 Å². The van der Waals surface area contributed by atoms with Crippen molar-refractivity contribution < 1.29 is 27.9 Å². The summed E-state index contributed by atoms with van der Waals surface area (Å²) in [6.07, 6.45) is 4.05. The first kappa shape index (κ1) is 24.6. The number of benzene rings is 3. The van der Waals surface area contributed by atoms with E-state index in [4.69, 9.17) is 10.2 Å². The van der Waals surface area contributed by atoms with Gasteiger partial charge in [0.25, 0.3) is 11.8 Å². The largest absolute Gasteiger partial charge is 0.478 e. The fourth-order valence-electron chi connectivity index (χ4n) is 3.67. The number of primary sulfonamides is 1. The van der Waals surface area contributed by atoms with E-state index in [1.54, 1.807) is 42.5 Å². The molecule has 1 aliphatic rings. The third kappa shape index (κ3) is 5.57. The van der Waals surface area contributed by atoms with E-state index >= 15 is 0 Å². The summed E-state index contributed by atoms with van der Waals surface area (Å²) in [5, 5.41) is 19.2. The summed E-state index contributed by atoms with van der Waals surface area (Å²) in [5.74, 6) is -2.08. The van der Waals surface area contributed by atoms with E-state index in [-0.39, 0.29) is 10.5 Å². The molecule has 0 bridgehead atoms. The van der Waals surface area contributed by atoms with Crippen LogP contribution in [0.4, 0.5) is 0 Å². The van der Waals surface area contributed by atoms with Crippen molar-refractivity contribution >= 4 is 39.5 Å². The second kappa shape index (κ2) is 9.98. The Bertz CT molecular complexity index is 1520. The number of carbonyl (C=O) groups excluding carboxylic acids is 2. The van der Waals surface area contributed by atoms with Gasteiger partial charge in [0, 0.05) is 29.9 Å². The number of imide groups is 1. The summed E-state index contributed by atoms with van der Waals surface area (Å²) in [6.45, 7) is 0.302. The lowest BCUT2D eigenvalue weighted by molar-refractivity contribution is -0.131. The molecule has 1 aliphatic heterocycles. The highest BCUT2D eigenvalue weighted by atomic mass is 32.2. The van der Waals surface area contributed by atoms with Gasteiger partial charge >= 0.3 is 5.97 Å². The Balaban J connectivity index is 1.59. The van der Waals surface area contributed by atoms with Gasteiger partial charge in [-0.15, -0.1) is 0 Å². The van der Waals surface area contributed by atoms with Crippen LogP contribution in [0.1, 0.15) is 27.0 Å². The lowest BCUT2D eigenvalue weighted by Gasteiger charge is -2.19. The quantitative estimate of drug-likeness (QED) is 0.285. The lowest BCUT2D eigenvalue weighted by Crippen LogP contribution is -2.37. The van der Waals surface area contributed by atoms with Crippen LogP contribution in [0.15, 0.2) is 83.9 Å². The van der Waals surface area contributed by atoms with Crippen LogP contribution >= 0.6 is 0 Å². The molecule has 3 aromatic rings. The van der Waals surface area contributed by atoms with Crippen molar-refractivity contribution in [3.8, 4) is 11.1 Å². The maximum absolute atomic E-state index is 12.6. The number of hydrogen-bond donors (Lipinski definition) is 4. The van der Waals surface area contributed by atoms with E-state index in [0.29, 0.717) is 17.7 Å². The van der Waals surface area contributed by atoms with Crippen LogP contribution < -0.4 is 15.8 Å². The van der Waals surface area contributed by atoms with Crippen molar-refractivity contribution in [3.63, 3.8) is 0 Å². The van der Waals surface area contributed by atoms with Crippen LogP contribution in [0.2, 0.25) is 0 Å². The molecule has 9 nitrogen and oxygen atoms in total. The molecular formula is C26H21N3O6S. The second-order valence-electron chi connectivity index (χ2n) is 7.97. The normalized spacial score (nSPS) is 14.5. The number of hydrogen-bond acceptors (Lipinski definition) is 6. The van der Waals surface area contributed by atoms with E-state index in [1.165, 1.54) is 24.4 Å².